The van der Waals surface area contributed by atoms with Gasteiger partial charge in [-0.2, -0.15) is 0 Å². The molecule has 1 saturated carbocycles. The Kier molecular flexibility index (Phi) is 7.73. The molecule has 0 N–H and O–H groups in total. The van der Waals surface area contributed by atoms with Crippen molar-refractivity contribution in [1.29, 1.82) is 0 Å². The fourth-order valence-electron chi connectivity index (χ4n) is 3.45. The largest absolute Gasteiger partial charge is 0.377 e. The lowest BCUT2D eigenvalue weighted by atomic mass is 9.78. The van der Waals surface area contributed by atoms with Gasteiger partial charge in [-0.15, -0.1) is 0 Å². The maximum absolute atomic E-state index is 5.74. The molecule has 1 aromatic carbocycles. The highest BCUT2D eigenvalue weighted by Crippen LogP contribution is 2.36. The summed E-state index contributed by atoms with van der Waals surface area (Å²) < 4.78 is 5.74. The first kappa shape index (κ1) is 17.3. The van der Waals surface area contributed by atoms with Crippen molar-refractivity contribution in [3.63, 3.8) is 0 Å². The minimum atomic E-state index is 0.762. The Morgan fingerprint density at radius 1 is 1.05 bits per heavy atom. The van der Waals surface area contributed by atoms with Crippen LogP contribution in [0.1, 0.15) is 75.8 Å². The average molecular weight is 300 g/mol. The molecule has 1 fully saturated rings. The lowest BCUT2D eigenvalue weighted by molar-refractivity contribution is 0.117. The van der Waals surface area contributed by atoms with Gasteiger partial charge in [0.1, 0.15) is 0 Å². The van der Waals surface area contributed by atoms with Gasteiger partial charge in [0.25, 0.3) is 0 Å². The Hall–Kier alpha value is -1.08. The van der Waals surface area contributed by atoms with Crippen LogP contribution in [0.3, 0.4) is 0 Å². The fourth-order valence-corrected chi connectivity index (χ4v) is 3.45. The predicted molar refractivity (Wildman–Crippen MR) is 95.1 cm³/mol. The molecule has 0 atom stereocenters. The summed E-state index contributed by atoms with van der Waals surface area (Å²) in [5.74, 6) is 1.58. The molecule has 0 heterocycles. The third kappa shape index (κ3) is 5.61. The molecule has 1 aliphatic rings. The molecule has 122 valence electrons. The molecular weight excluding hydrogens is 268 g/mol. The molecule has 0 amide bonds. The second kappa shape index (κ2) is 9.84. The first-order valence-corrected chi connectivity index (χ1v) is 9.13. The van der Waals surface area contributed by atoms with Crippen LogP contribution in [0.5, 0.6) is 0 Å². The Morgan fingerprint density at radius 2 is 1.77 bits per heavy atom. The molecule has 0 unspecified atom stereocenters. The second-order valence-electron chi connectivity index (χ2n) is 6.64. The molecule has 0 radical (unpaired) electrons. The SMILES string of the molecule is C/C=C/C1CCC(c2ccc(COCCCCC)cc2)CC1. The van der Waals surface area contributed by atoms with Crippen LogP contribution in [0, 0.1) is 5.92 Å². The summed E-state index contributed by atoms with van der Waals surface area (Å²) in [6.07, 6.45) is 13.7. The smallest absolute Gasteiger partial charge is 0.0716 e. The van der Waals surface area contributed by atoms with Crippen molar-refractivity contribution >= 4 is 0 Å². The molecule has 0 aliphatic heterocycles. The van der Waals surface area contributed by atoms with Gasteiger partial charge < -0.3 is 4.74 Å². The fraction of sp³-hybridized carbons (Fsp3) is 0.619. The van der Waals surface area contributed by atoms with Crippen LogP contribution in [0.2, 0.25) is 0 Å². The summed E-state index contributed by atoms with van der Waals surface area (Å²) in [7, 11) is 0. The van der Waals surface area contributed by atoms with E-state index in [0.29, 0.717) is 0 Å². The first-order chi connectivity index (χ1) is 10.8. The van der Waals surface area contributed by atoms with E-state index in [4.69, 9.17) is 4.74 Å². The zero-order valence-corrected chi connectivity index (χ0v) is 14.4. The van der Waals surface area contributed by atoms with Crippen molar-refractivity contribution in [2.24, 2.45) is 5.92 Å². The summed E-state index contributed by atoms with van der Waals surface area (Å²) in [6.45, 7) is 6.02. The van der Waals surface area contributed by atoms with Gasteiger partial charge in [0.15, 0.2) is 0 Å². The van der Waals surface area contributed by atoms with Crippen molar-refractivity contribution < 1.29 is 4.74 Å². The van der Waals surface area contributed by atoms with E-state index in [1.54, 1.807) is 0 Å². The van der Waals surface area contributed by atoms with Crippen LogP contribution in [-0.2, 0) is 11.3 Å². The summed E-state index contributed by atoms with van der Waals surface area (Å²) in [5.41, 5.74) is 2.83. The Balaban J connectivity index is 1.75. The van der Waals surface area contributed by atoms with Crippen molar-refractivity contribution in [3.8, 4) is 0 Å². The predicted octanol–water partition coefficient (Wildman–Crippen LogP) is 6.24. The molecule has 0 spiro atoms. The van der Waals surface area contributed by atoms with E-state index in [0.717, 1.165) is 25.0 Å². The monoisotopic (exact) mass is 300 g/mol. The molecule has 1 heteroatoms. The van der Waals surface area contributed by atoms with E-state index in [-0.39, 0.29) is 0 Å². The lowest BCUT2D eigenvalue weighted by Crippen LogP contribution is -2.11. The maximum atomic E-state index is 5.74. The summed E-state index contributed by atoms with van der Waals surface area (Å²) >= 11 is 0. The topological polar surface area (TPSA) is 9.23 Å². The number of ether oxygens (including phenoxy) is 1. The van der Waals surface area contributed by atoms with Crippen LogP contribution in [0.15, 0.2) is 36.4 Å². The summed E-state index contributed by atoms with van der Waals surface area (Å²) in [6, 6.07) is 9.16. The van der Waals surface area contributed by atoms with E-state index >= 15 is 0 Å². The van der Waals surface area contributed by atoms with Crippen LogP contribution in [-0.4, -0.2) is 6.61 Å². The quantitative estimate of drug-likeness (QED) is 0.407. The highest BCUT2D eigenvalue weighted by Gasteiger charge is 2.20. The van der Waals surface area contributed by atoms with Gasteiger partial charge in [0.2, 0.25) is 0 Å². The number of hydrogen-bond acceptors (Lipinski definition) is 1. The zero-order valence-electron chi connectivity index (χ0n) is 14.4. The van der Waals surface area contributed by atoms with Crippen molar-refractivity contribution in [3.05, 3.63) is 47.5 Å². The Morgan fingerprint density at radius 3 is 2.41 bits per heavy atom. The molecule has 0 bridgehead atoms. The molecule has 2 rings (SSSR count). The summed E-state index contributed by atoms with van der Waals surface area (Å²) in [5, 5.41) is 0. The molecular formula is C21H32O. The van der Waals surface area contributed by atoms with Gasteiger partial charge in [-0.3, -0.25) is 0 Å². The third-order valence-corrected chi connectivity index (χ3v) is 4.85. The molecule has 0 saturated heterocycles. The summed E-state index contributed by atoms with van der Waals surface area (Å²) in [4.78, 5) is 0. The molecule has 0 aromatic heterocycles. The number of hydrogen-bond donors (Lipinski definition) is 0. The maximum Gasteiger partial charge on any atom is 0.0716 e. The highest BCUT2D eigenvalue weighted by atomic mass is 16.5. The highest BCUT2D eigenvalue weighted by molar-refractivity contribution is 5.25. The minimum absolute atomic E-state index is 0.762. The van der Waals surface area contributed by atoms with Crippen molar-refractivity contribution in [2.75, 3.05) is 6.61 Å². The van der Waals surface area contributed by atoms with Crippen molar-refractivity contribution in [2.45, 2.75) is 71.3 Å². The van der Waals surface area contributed by atoms with Gasteiger partial charge in [-0.1, -0.05) is 56.2 Å². The van der Waals surface area contributed by atoms with E-state index in [1.165, 1.54) is 56.1 Å². The number of benzene rings is 1. The normalized spacial score (nSPS) is 22.3. The molecule has 1 nitrogen and oxygen atoms in total. The van der Waals surface area contributed by atoms with Gasteiger partial charge >= 0.3 is 0 Å². The van der Waals surface area contributed by atoms with Crippen LogP contribution < -0.4 is 0 Å². The lowest BCUT2D eigenvalue weighted by Gasteiger charge is -2.27. The zero-order chi connectivity index (χ0) is 15.6. The van der Waals surface area contributed by atoms with Crippen LogP contribution in [0.25, 0.3) is 0 Å². The molecule has 22 heavy (non-hydrogen) atoms. The minimum Gasteiger partial charge on any atom is -0.377 e. The Bertz CT molecular complexity index is 424. The number of unbranched alkanes of at least 4 members (excludes halogenated alkanes) is 2. The number of rotatable bonds is 8. The van der Waals surface area contributed by atoms with Gasteiger partial charge in [-0.25, -0.2) is 0 Å². The Labute approximate surface area is 136 Å². The third-order valence-electron chi connectivity index (χ3n) is 4.85. The van der Waals surface area contributed by atoms with Gasteiger partial charge in [0.05, 0.1) is 6.61 Å². The first-order valence-electron chi connectivity index (χ1n) is 9.13. The van der Waals surface area contributed by atoms with E-state index in [9.17, 15) is 0 Å². The molecule has 1 aliphatic carbocycles. The van der Waals surface area contributed by atoms with Crippen molar-refractivity contribution in [1.82, 2.24) is 0 Å². The number of allylic oxidation sites excluding steroid dienone is 2. The van der Waals surface area contributed by atoms with E-state index in [2.05, 4.69) is 50.3 Å². The van der Waals surface area contributed by atoms with E-state index in [1.807, 2.05) is 0 Å². The van der Waals surface area contributed by atoms with Gasteiger partial charge in [0, 0.05) is 6.61 Å². The van der Waals surface area contributed by atoms with E-state index < -0.39 is 0 Å². The molecule has 1 aromatic rings. The average Bonchev–Trinajstić information content (AvgIpc) is 2.56. The van der Waals surface area contributed by atoms with Gasteiger partial charge in [-0.05, 0) is 62.0 Å². The second-order valence-corrected chi connectivity index (χ2v) is 6.64. The standard InChI is InChI=1S/C21H32O/c1-3-5-6-16-22-17-19-10-14-21(15-11-19)20-12-8-18(7-4-2)9-13-20/h4,7,10-11,14-15,18,20H,3,5-6,8-9,12-13,16-17H2,1-2H3/b7-4+. The van der Waals surface area contributed by atoms with Crippen LogP contribution >= 0.6 is 0 Å². The van der Waals surface area contributed by atoms with Crippen LogP contribution in [0.4, 0.5) is 0 Å².